The van der Waals surface area contributed by atoms with Gasteiger partial charge in [0.25, 0.3) is 0 Å². The average molecular weight is 1720 g/mol. The maximum absolute atomic E-state index is 14.5. The Kier molecular flexibility index (Phi) is 35.8. The van der Waals surface area contributed by atoms with E-state index in [1.54, 1.807) is 85.4 Å². The molecule has 4 aromatic heterocycles. The molecular formula is C93H111FN14O17. The van der Waals surface area contributed by atoms with Crippen molar-refractivity contribution in [3.8, 4) is 51.9 Å². The number of fused-ring (bicyclic) bond motifs is 2. The summed E-state index contributed by atoms with van der Waals surface area (Å²) in [4.78, 5) is 44.9. The smallest absolute Gasteiger partial charge is 0.324 e. The number of urea groups is 2. The van der Waals surface area contributed by atoms with Crippen LogP contribution < -0.4 is 55.6 Å². The molecule has 4 amide bonds. The molecule has 0 bridgehead atoms. The van der Waals surface area contributed by atoms with Crippen molar-refractivity contribution in [2.45, 2.75) is 66.2 Å². The zero-order chi connectivity index (χ0) is 88.2. The maximum Gasteiger partial charge on any atom is 0.324 e. The predicted octanol–water partition coefficient (Wildman–Crippen LogP) is 17.5. The second-order valence-corrected chi connectivity index (χ2v) is 30.3. The Hall–Kier alpha value is -12.5. The molecule has 0 spiro atoms. The number of nitrogens with zero attached hydrogens (tertiary/aromatic N) is 8. The highest BCUT2D eigenvalue weighted by Gasteiger charge is 2.25. The van der Waals surface area contributed by atoms with Crippen LogP contribution in [-0.2, 0) is 58.2 Å². The summed E-state index contributed by atoms with van der Waals surface area (Å²) in [5, 5.41) is 31.0. The topological polar surface area (TPSA) is 332 Å². The second-order valence-electron chi connectivity index (χ2n) is 30.3. The molecule has 0 atom stereocenters. The lowest BCUT2D eigenvalue weighted by atomic mass is 9.92. The summed E-state index contributed by atoms with van der Waals surface area (Å²) in [7, 11) is 4.84. The fourth-order valence-corrected chi connectivity index (χ4v) is 12.1. The monoisotopic (exact) mass is 1710 g/mol. The van der Waals surface area contributed by atoms with E-state index in [9.17, 15) is 14.0 Å². The van der Waals surface area contributed by atoms with E-state index in [1.807, 2.05) is 135 Å². The minimum atomic E-state index is -0.495. The Morgan fingerprint density at radius 3 is 1.10 bits per heavy atom. The Morgan fingerprint density at radius 1 is 0.376 bits per heavy atom. The third-order valence-electron chi connectivity index (χ3n) is 18.5. The predicted molar refractivity (Wildman–Crippen MR) is 479 cm³/mol. The van der Waals surface area contributed by atoms with Crippen LogP contribution in [0.15, 0.2) is 194 Å². The number of amides is 4. The Bertz CT molecular complexity index is 5380. The van der Waals surface area contributed by atoms with Gasteiger partial charge in [-0.05, 0) is 68.4 Å². The van der Waals surface area contributed by atoms with E-state index in [0.29, 0.717) is 200 Å². The van der Waals surface area contributed by atoms with Crippen LogP contribution in [0.2, 0.25) is 0 Å². The second kappa shape index (κ2) is 48.0. The highest BCUT2D eigenvalue weighted by atomic mass is 19.1. The Morgan fingerprint density at radius 2 is 0.728 bits per heavy atom. The number of aryl methyl sites for hydroxylation is 2. The first kappa shape index (κ1) is 93.2. The summed E-state index contributed by atoms with van der Waals surface area (Å²) in [6, 6.07) is 54.2. The van der Waals surface area contributed by atoms with Crippen molar-refractivity contribution in [3.05, 3.63) is 223 Å². The quantitative estimate of drug-likeness (QED) is 0.0193. The molecule has 0 unspecified atom stereocenters. The minimum Gasteiger partial charge on any atom is -0.497 e. The number of anilines is 8. The number of halogens is 1. The zero-order valence-electron chi connectivity index (χ0n) is 72.5. The van der Waals surface area contributed by atoms with Gasteiger partial charge in [0, 0.05) is 125 Å². The lowest BCUT2D eigenvalue weighted by Crippen LogP contribution is -2.21. The lowest BCUT2D eigenvalue weighted by Gasteiger charge is -2.14. The highest BCUT2D eigenvalue weighted by Crippen LogP contribution is 2.38. The van der Waals surface area contributed by atoms with Gasteiger partial charge in [-0.15, -0.1) is 0 Å². The van der Waals surface area contributed by atoms with E-state index in [-0.39, 0.29) is 29.3 Å². The molecular weight excluding hydrogens is 1600 g/mol. The summed E-state index contributed by atoms with van der Waals surface area (Å²) in [6.45, 7) is 25.6. The van der Waals surface area contributed by atoms with Gasteiger partial charge in [0.15, 0.2) is 0 Å². The first-order chi connectivity index (χ1) is 60.6. The van der Waals surface area contributed by atoms with Crippen molar-refractivity contribution in [3.63, 3.8) is 0 Å². The molecule has 6 N–H and O–H groups in total. The number of carbonyl (C=O) groups is 2. The molecule has 0 saturated carbocycles. The van der Waals surface area contributed by atoms with Crippen LogP contribution in [-0.4, -0.2) is 205 Å². The van der Waals surface area contributed by atoms with Crippen molar-refractivity contribution in [2.75, 3.05) is 185 Å². The summed E-state index contributed by atoms with van der Waals surface area (Å²) in [5.74, 6) is 4.16. The highest BCUT2D eigenvalue weighted by molar-refractivity contribution is 6.09. The van der Waals surface area contributed by atoms with E-state index < -0.39 is 17.9 Å². The van der Waals surface area contributed by atoms with Crippen molar-refractivity contribution in [2.24, 2.45) is 0 Å². The zero-order valence-corrected chi connectivity index (χ0v) is 72.5. The van der Waals surface area contributed by atoms with Gasteiger partial charge < -0.3 is 92.3 Å². The number of hydrogen-bond acceptors (Lipinski definition) is 25. The van der Waals surface area contributed by atoms with Gasteiger partial charge in [0.1, 0.15) is 59.4 Å². The number of ether oxygens (including phenoxy) is 15. The van der Waals surface area contributed by atoms with Crippen LogP contribution in [0.3, 0.4) is 0 Å². The number of benzene rings is 8. The van der Waals surface area contributed by atoms with Gasteiger partial charge >= 0.3 is 12.1 Å². The Balaban J connectivity index is 0.000000248. The van der Waals surface area contributed by atoms with Crippen molar-refractivity contribution in [1.29, 1.82) is 0 Å². The first-order valence-electron chi connectivity index (χ1n) is 41.1. The maximum atomic E-state index is 14.5. The van der Waals surface area contributed by atoms with E-state index >= 15 is 0 Å². The van der Waals surface area contributed by atoms with E-state index in [0.717, 1.165) is 55.4 Å². The van der Waals surface area contributed by atoms with Gasteiger partial charge in [0.2, 0.25) is 23.7 Å². The normalized spacial score (nSPS) is 11.4. The van der Waals surface area contributed by atoms with E-state index in [2.05, 4.69) is 93.4 Å². The molecule has 0 aliphatic heterocycles. The molecule has 662 valence electrons. The molecule has 125 heavy (non-hydrogen) atoms. The van der Waals surface area contributed by atoms with Gasteiger partial charge in [-0.3, -0.25) is 10.6 Å². The van der Waals surface area contributed by atoms with Crippen LogP contribution in [0.5, 0.6) is 40.5 Å². The molecule has 12 aromatic rings. The largest absolute Gasteiger partial charge is 0.497 e. The number of nitrogens with one attached hydrogen (secondary N) is 6. The van der Waals surface area contributed by atoms with Gasteiger partial charge in [-0.25, -0.2) is 33.3 Å². The molecule has 8 aromatic carbocycles. The fraction of sp³-hybridized carbons (Fsp3) is 0.355. The molecule has 12 rings (SSSR count). The van der Waals surface area contributed by atoms with Crippen molar-refractivity contribution < 1.29 is 85.0 Å². The first-order valence-corrected chi connectivity index (χ1v) is 41.1. The van der Waals surface area contributed by atoms with Crippen molar-refractivity contribution >= 4 is 79.9 Å². The standard InChI is InChI=1S/C51H65N7O11.C42H46FN7O6/c1-37-11-13-39(14-12-37)58-47(36-46(57-58)51(2,3)4)55-50(59)54-44-15-16-45(43-10-8-7-9-42(43)44)69-48-17-18-52-49(56-48)53-38-33-40(61-6)35-41(34-38)68-32-31-67-30-29-66-28-27-65-26-25-64-24-23-63-22-21-62-20-19-60-5;1-28-10-12-31(13-11-28)50-38(27-37(49-50)42(2,3)4)47-41(51)46-35-14-15-36(34-9-7-6-8-33(34)35)56-39-16-17-44-40(48-39)45-30-24-29(43)25-32(26-30)55-23-22-54-21-20-53-19-18-52-5/h7-18,33-36H,19-32H2,1-6H3,(H,52,53,56)(H2,54,55,59);6-17,24-27H,18-23H2,1-5H3,(H,44,45,48)(H2,46,47,51). The molecule has 0 fully saturated rings. The summed E-state index contributed by atoms with van der Waals surface area (Å²) in [5.41, 5.74) is 7.36. The third-order valence-corrected chi connectivity index (χ3v) is 18.5. The Labute approximate surface area is 727 Å². The number of carbonyl (C=O) groups excluding carboxylic acids is 2. The molecule has 0 aliphatic carbocycles. The van der Waals surface area contributed by atoms with Gasteiger partial charge in [-0.2, -0.15) is 20.2 Å². The van der Waals surface area contributed by atoms with Crippen molar-refractivity contribution in [1.82, 2.24) is 39.5 Å². The summed E-state index contributed by atoms with van der Waals surface area (Å²) in [6.07, 6.45) is 3.14. The fourth-order valence-electron chi connectivity index (χ4n) is 12.1. The van der Waals surface area contributed by atoms with Gasteiger partial charge in [-0.1, -0.05) is 125 Å². The molecule has 0 radical (unpaired) electrons. The van der Waals surface area contributed by atoms with Crippen LogP contribution in [0.1, 0.15) is 64.1 Å². The van der Waals surface area contributed by atoms with Crippen LogP contribution in [0, 0.1) is 19.7 Å². The molecule has 0 aliphatic rings. The molecule has 4 heterocycles. The number of aromatic nitrogens is 8. The summed E-state index contributed by atoms with van der Waals surface area (Å²) >= 11 is 0. The number of methoxy groups -OCH3 is 3. The molecule has 32 heteroatoms. The van der Waals surface area contributed by atoms with E-state index in [1.165, 1.54) is 18.3 Å². The van der Waals surface area contributed by atoms with Crippen LogP contribution in [0.25, 0.3) is 32.9 Å². The minimum absolute atomic E-state index is 0.189. The molecule has 31 nitrogen and oxygen atoms in total. The van der Waals surface area contributed by atoms with Gasteiger partial charge in [0.05, 0.1) is 160 Å². The lowest BCUT2D eigenvalue weighted by molar-refractivity contribution is -0.0199. The van der Waals surface area contributed by atoms with E-state index in [4.69, 9.17) is 81.3 Å². The number of hydrogen-bond donors (Lipinski definition) is 6. The summed E-state index contributed by atoms with van der Waals surface area (Å²) < 4.78 is 102. The average Bonchev–Trinajstić information content (AvgIpc) is 1.57. The van der Waals surface area contributed by atoms with Crippen LogP contribution in [0.4, 0.5) is 60.3 Å². The van der Waals surface area contributed by atoms with Crippen LogP contribution >= 0.6 is 0 Å². The molecule has 0 saturated heterocycles. The number of rotatable bonds is 47. The third kappa shape index (κ3) is 29.9. The SMILES string of the molecule is COCCOCCOCCOCCOCCOCCOCCOc1cc(Nc2nccc(Oc3ccc(NC(=O)Nc4cc(C(C)(C)C)nn4-c4ccc(C)cc4)c4ccccc34)n2)cc(OC)c1.COCCOCCOCCOc1cc(F)cc(Nc2nccc(Oc3ccc(NC(=O)Nc4cc(C(C)(C)C)nn4-c4ccc(C)cc4)c4ccccc34)n2)c1.